The molecule has 0 aliphatic carbocycles. The van der Waals surface area contributed by atoms with Gasteiger partial charge in [-0.1, -0.05) is 24.3 Å². The molecule has 2 aromatic carbocycles. The van der Waals surface area contributed by atoms with Gasteiger partial charge in [-0.2, -0.15) is 0 Å². The Kier molecular flexibility index (Phi) is 5.73. The van der Waals surface area contributed by atoms with Crippen LogP contribution < -0.4 is 14.4 Å². The fourth-order valence-electron chi connectivity index (χ4n) is 3.32. The summed E-state index contributed by atoms with van der Waals surface area (Å²) in [4.78, 5) is 6.50. The summed E-state index contributed by atoms with van der Waals surface area (Å²) in [5.41, 5.74) is 3.27. The SMILES string of the molecule is COc1ccc(N(Cc2cccnc2)c2ccccc2)cc1OC1CCOC1. The number of ether oxygens (including phenoxy) is 3. The van der Waals surface area contributed by atoms with Crippen LogP contribution in [0, 0.1) is 0 Å². The molecule has 1 saturated heterocycles. The van der Waals surface area contributed by atoms with Crippen molar-refractivity contribution in [3.63, 3.8) is 0 Å². The van der Waals surface area contributed by atoms with Gasteiger partial charge in [0.1, 0.15) is 6.10 Å². The standard InChI is InChI=1S/C23H24N2O3/c1-26-22-10-9-20(14-23(22)28-21-11-13-27-17-21)25(19-7-3-2-4-8-19)16-18-6-5-12-24-15-18/h2-10,12,14-15,21H,11,13,16-17H2,1H3. The molecule has 1 fully saturated rings. The number of anilines is 2. The molecule has 5 nitrogen and oxygen atoms in total. The topological polar surface area (TPSA) is 43.8 Å². The van der Waals surface area contributed by atoms with Gasteiger partial charge in [0.25, 0.3) is 0 Å². The van der Waals surface area contributed by atoms with Crippen LogP contribution in [0.1, 0.15) is 12.0 Å². The average Bonchev–Trinajstić information content (AvgIpc) is 3.26. The van der Waals surface area contributed by atoms with E-state index in [1.54, 1.807) is 13.3 Å². The van der Waals surface area contributed by atoms with E-state index in [1.807, 2.05) is 42.6 Å². The number of rotatable bonds is 7. The largest absolute Gasteiger partial charge is 0.493 e. The maximum absolute atomic E-state index is 6.19. The quantitative estimate of drug-likeness (QED) is 0.603. The zero-order chi connectivity index (χ0) is 19.2. The van der Waals surface area contributed by atoms with Crippen LogP contribution in [0.4, 0.5) is 11.4 Å². The number of aromatic nitrogens is 1. The first-order valence-corrected chi connectivity index (χ1v) is 9.47. The van der Waals surface area contributed by atoms with Crippen molar-refractivity contribution in [2.75, 3.05) is 25.2 Å². The molecule has 0 radical (unpaired) electrons. The normalized spacial score (nSPS) is 16.0. The number of methoxy groups -OCH3 is 1. The number of pyridine rings is 1. The summed E-state index contributed by atoms with van der Waals surface area (Å²) in [7, 11) is 1.66. The van der Waals surface area contributed by atoms with Gasteiger partial charge < -0.3 is 19.1 Å². The van der Waals surface area contributed by atoms with Crippen LogP contribution in [0.2, 0.25) is 0 Å². The predicted octanol–water partition coefficient (Wildman–Crippen LogP) is 4.60. The van der Waals surface area contributed by atoms with Crippen molar-refractivity contribution in [3.05, 3.63) is 78.6 Å². The van der Waals surface area contributed by atoms with Crippen LogP contribution in [-0.4, -0.2) is 31.4 Å². The average molecular weight is 376 g/mol. The lowest BCUT2D eigenvalue weighted by molar-refractivity contribution is 0.138. The van der Waals surface area contributed by atoms with Gasteiger partial charge in [-0.15, -0.1) is 0 Å². The lowest BCUT2D eigenvalue weighted by Gasteiger charge is -2.26. The molecule has 0 spiro atoms. The highest BCUT2D eigenvalue weighted by Gasteiger charge is 2.20. The molecule has 0 amide bonds. The molecule has 2 heterocycles. The Labute approximate surface area is 165 Å². The van der Waals surface area contributed by atoms with Gasteiger partial charge in [-0.3, -0.25) is 4.98 Å². The molecule has 1 unspecified atom stereocenters. The van der Waals surface area contributed by atoms with Crippen molar-refractivity contribution >= 4 is 11.4 Å². The lowest BCUT2D eigenvalue weighted by Crippen LogP contribution is -2.18. The maximum Gasteiger partial charge on any atom is 0.163 e. The molecule has 0 N–H and O–H groups in total. The van der Waals surface area contributed by atoms with Gasteiger partial charge in [0, 0.05) is 42.8 Å². The minimum absolute atomic E-state index is 0.0626. The van der Waals surface area contributed by atoms with Crippen molar-refractivity contribution in [2.24, 2.45) is 0 Å². The highest BCUT2D eigenvalue weighted by Crippen LogP contribution is 2.36. The highest BCUT2D eigenvalue weighted by molar-refractivity contribution is 5.66. The number of para-hydroxylation sites is 1. The van der Waals surface area contributed by atoms with Crippen molar-refractivity contribution in [1.82, 2.24) is 4.98 Å². The van der Waals surface area contributed by atoms with Gasteiger partial charge in [0.05, 0.1) is 20.3 Å². The van der Waals surface area contributed by atoms with E-state index in [4.69, 9.17) is 14.2 Å². The van der Waals surface area contributed by atoms with Gasteiger partial charge in [0.15, 0.2) is 11.5 Å². The molecule has 1 aliphatic rings. The summed E-state index contributed by atoms with van der Waals surface area (Å²) in [5, 5.41) is 0. The van der Waals surface area contributed by atoms with E-state index >= 15 is 0 Å². The number of benzene rings is 2. The Morgan fingerprint density at radius 1 is 1.04 bits per heavy atom. The second-order valence-corrected chi connectivity index (χ2v) is 6.72. The van der Waals surface area contributed by atoms with E-state index in [0.29, 0.717) is 13.2 Å². The van der Waals surface area contributed by atoms with Gasteiger partial charge >= 0.3 is 0 Å². The van der Waals surface area contributed by atoms with Crippen LogP contribution in [0.15, 0.2) is 73.1 Å². The first kappa shape index (κ1) is 18.3. The summed E-state index contributed by atoms with van der Waals surface area (Å²) in [6.45, 7) is 2.06. The molecule has 4 rings (SSSR count). The monoisotopic (exact) mass is 376 g/mol. The molecule has 1 aromatic heterocycles. The highest BCUT2D eigenvalue weighted by atomic mass is 16.6. The van der Waals surface area contributed by atoms with Crippen LogP contribution in [0.3, 0.4) is 0 Å². The van der Waals surface area contributed by atoms with Crippen LogP contribution in [0.25, 0.3) is 0 Å². The summed E-state index contributed by atoms with van der Waals surface area (Å²) >= 11 is 0. The van der Waals surface area contributed by atoms with E-state index in [9.17, 15) is 0 Å². The summed E-state index contributed by atoms with van der Waals surface area (Å²) in [6.07, 6.45) is 4.64. The van der Waals surface area contributed by atoms with Crippen molar-refractivity contribution in [2.45, 2.75) is 19.1 Å². The Balaban J connectivity index is 1.68. The van der Waals surface area contributed by atoms with Gasteiger partial charge in [0.2, 0.25) is 0 Å². The fraction of sp³-hybridized carbons (Fsp3) is 0.261. The Morgan fingerprint density at radius 3 is 2.64 bits per heavy atom. The minimum Gasteiger partial charge on any atom is -0.493 e. The zero-order valence-electron chi connectivity index (χ0n) is 16.0. The van der Waals surface area contributed by atoms with E-state index in [0.717, 1.165) is 41.5 Å². The summed E-state index contributed by atoms with van der Waals surface area (Å²) < 4.78 is 17.2. The van der Waals surface area contributed by atoms with E-state index in [1.165, 1.54) is 0 Å². The number of nitrogens with zero attached hydrogens (tertiary/aromatic N) is 2. The molecule has 0 saturated carbocycles. The number of hydrogen-bond acceptors (Lipinski definition) is 5. The molecule has 1 atom stereocenters. The smallest absolute Gasteiger partial charge is 0.163 e. The Bertz CT molecular complexity index is 881. The molecular formula is C23H24N2O3. The van der Waals surface area contributed by atoms with E-state index in [-0.39, 0.29) is 6.10 Å². The van der Waals surface area contributed by atoms with Crippen LogP contribution >= 0.6 is 0 Å². The first-order valence-electron chi connectivity index (χ1n) is 9.47. The second kappa shape index (κ2) is 8.76. The van der Waals surface area contributed by atoms with E-state index < -0.39 is 0 Å². The molecule has 28 heavy (non-hydrogen) atoms. The van der Waals surface area contributed by atoms with Crippen molar-refractivity contribution in [3.8, 4) is 11.5 Å². The van der Waals surface area contributed by atoms with Crippen LogP contribution in [-0.2, 0) is 11.3 Å². The second-order valence-electron chi connectivity index (χ2n) is 6.72. The summed E-state index contributed by atoms with van der Waals surface area (Å²) in [5.74, 6) is 1.47. The third kappa shape index (κ3) is 4.26. The first-order chi connectivity index (χ1) is 13.8. The van der Waals surface area contributed by atoms with Gasteiger partial charge in [-0.05, 0) is 35.9 Å². The fourth-order valence-corrected chi connectivity index (χ4v) is 3.32. The predicted molar refractivity (Wildman–Crippen MR) is 109 cm³/mol. The Hall–Kier alpha value is -3.05. The lowest BCUT2D eigenvalue weighted by atomic mass is 10.1. The summed E-state index contributed by atoms with van der Waals surface area (Å²) in [6, 6.07) is 20.4. The van der Waals surface area contributed by atoms with Crippen LogP contribution in [0.5, 0.6) is 11.5 Å². The molecular weight excluding hydrogens is 352 g/mol. The van der Waals surface area contributed by atoms with Crippen molar-refractivity contribution < 1.29 is 14.2 Å². The number of hydrogen-bond donors (Lipinski definition) is 0. The minimum atomic E-state index is 0.0626. The maximum atomic E-state index is 6.19. The molecule has 144 valence electrons. The Morgan fingerprint density at radius 2 is 1.93 bits per heavy atom. The van der Waals surface area contributed by atoms with E-state index in [2.05, 4.69) is 34.1 Å². The third-order valence-corrected chi connectivity index (χ3v) is 4.77. The molecule has 5 heteroatoms. The van der Waals surface area contributed by atoms with Crippen molar-refractivity contribution in [1.29, 1.82) is 0 Å². The zero-order valence-corrected chi connectivity index (χ0v) is 16.0. The molecule has 0 bridgehead atoms. The third-order valence-electron chi connectivity index (χ3n) is 4.77. The molecule has 1 aliphatic heterocycles. The van der Waals surface area contributed by atoms with Gasteiger partial charge in [-0.25, -0.2) is 0 Å². The molecule has 3 aromatic rings.